The van der Waals surface area contributed by atoms with E-state index in [1.165, 1.54) is 0 Å². The summed E-state index contributed by atoms with van der Waals surface area (Å²) < 4.78 is 38.1. The summed E-state index contributed by atoms with van der Waals surface area (Å²) in [5, 5.41) is 15.0. The van der Waals surface area contributed by atoms with Gasteiger partial charge in [0.1, 0.15) is 5.82 Å². The maximum absolute atomic E-state index is 12.7. The molecular weight excluding hydrogens is 323 g/mol. The highest BCUT2D eigenvalue weighted by Crippen LogP contribution is 2.47. The summed E-state index contributed by atoms with van der Waals surface area (Å²) in [6.45, 7) is -0.169. The lowest BCUT2D eigenvalue weighted by molar-refractivity contribution is -0.137. The van der Waals surface area contributed by atoms with E-state index in [0.29, 0.717) is 12.3 Å². The largest absolute Gasteiger partial charge is 0.416 e. The number of carbonyl (C=O) groups is 1. The number of anilines is 1. The summed E-state index contributed by atoms with van der Waals surface area (Å²) in [6, 6.07) is 1.000. The molecule has 3 aliphatic carbocycles. The molecule has 3 saturated carbocycles. The Labute approximate surface area is 137 Å². The van der Waals surface area contributed by atoms with Gasteiger partial charge in [0.15, 0.2) is 0 Å². The lowest BCUT2D eigenvalue weighted by Gasteiger charge is -2.51. The molecule has 1 aromatic rings. The standard InChI is InChI=1S/C16H20F3N3O2/c17-16(18,19)12-5-6-20-13(7-12)21-14(24)22-15(9-23)8-10-1-3-11(15)4-2-10/h5-7,10-11,23H,1-4,8-9H2,(H2,20,21,22,24). The fourth-order valence-electron chi connectivity index (χ4n) is 4.04. The Kier molecular flexibility index (Phi) is 4.42. The maximum atomic E-state index is 12.7. The van der Waals surface area contributed by atoms with E-state index in [2.05, 4.69) is 15.6 Å². The molecule has 24 heavy (non-hydrogen) atoms. The molecule has 0 saturated heterocycles. The molecule has 3 N–H and O–H groups in total. The molecule has 1 unspecified atom stereocenters. The molecule has 1 heterocycles. The van der Waals surface area contributed by atoms with Gasteiger partial charge < -0.3 is 10.4 Å². The second-order valence-electron chi connectivity index (χ2n) is 6.74. The molecule has 0 spiro atoms. The molecule has 0 aliphatic heterocycles. The van der Waals surface area contributed by atoms with Gasteiger partial charge in [0.2, 0.25) is 0 Å². The fraction of sp³-hybridized carbons (Fsp3) is 0.625. The second-order valence-corrected chi connectivity index (χ2v) is 6.74. The van der Waals surface area contributed by atoms with Crippen molar-refractivity contribution in [3.8, 4) is 0 Å². The summed E-state index contributed by atoms with van der Waals surface area (Å²) in [6.07, 6.45) is 1.32. The third-order valence-electron chi connectivity index (χ3n) is 5.25. The minimum absolute atomic E-state index is 0.169. The van der Waals surface area contributed by atoms with E-state index in [-0.39, 0.29) is 18.3 Å². The minimum Gasteiger partial charge on any atom is -0.394 e. The van der Waals surface area contributed by atoms with Crippen molar-refractivity contribution >= 4 is 11.8 Å². The number of urea groups is 1. The van der Waals surface area contributed by atoms with E-state index in [9.17, 15) is 23.1 Å². The van der Waals surface area contributed by atoms with Crippen molar-refractivity contribution in [3.63, 3.8) is 0 Å². The van der Waals surface area contributed by atoms with Crippen LogP contribution < -0.4 is 10.6 Å². The Morgan fingerprint density at radius 2 is 2.04 bits per heavy atom. The van der Waals surface area contributed by atoms with Crippen molar-refractivity contribution in [1.82, 2.24) is 10.3 Å². The third-order valence-corrected chi connectivity index (χ3v) is 5.25. The third kappa shape index (κ3) is 3.33. The predicted molar refractivity (Wildman–Crippen MR) is 81.3 cm³/mol. The quantitative estimate of drug-likeness (QED) is 0.789. The van der Waals surface area contributed by atoms with Gasteiger partial charge >= 0.3 is 12.2 Å². The van der Waals surface area contributed by atoms with Crippen LogP contribution in [0.5, 0.6) is 0 Å². The van der Waals surface area contributed by atoms with Gasteiger partial charge in [-0.3, -0.25) is 5.32 Å². The molecule has 8 heteroatoms. The minimum atomic E-state index is -4.50. The Morgan fingerprint density at radius 1 is 1.33 bits per heavy atom. The lowest BCUT2D eigenvalue weighted by atomic mass is 9.60. The number of hydrogen-bond acceptors (Lipinski definition) is 3. The number of nitrogens with zero attached hydrogens (tertiary/aromatic N) is 1. The molecule has 3 aliphatic rings. The van der Waals surface area contributed by atoms with Crippen molar-refractivity contribution in [2.45, 2.75) is 43.8 Å². The average molecular weight is 343 g/mol. The highest BCUT2D eigenvalue weighted by atomic mass is 19.4. The molecule has 0 radical (unpaired) electrons. The van der Waals surface area contributed by atoms with Gasteiger partial charge in [-0.25, -0.2) is 9.78 Å². The van der Waals surface area contributed by atoms with Crippen LogP contribution in [0.15, 0.2) is 18.3 Å². The number of aromatic nitrogens is 1. The molecule has 1 aromatic heterocycles. The summed E-state index contributed by atoms with van der Waals surface area (Å²) >= 11 is 0. The zero-order chi connectivity index (χ0) is 17.4. The van der Waals surface area contributed by atoms with E-state index in [4.69, 9.17) is 0 Å². The van der Waals surface area contributed by atoms with Crippen LogP contribution in [-0.2, 0) is 6.18 Å². The SMILES string of the molecule is O=C(Nc1cc(C(F)(F)F)ccn1)NC1(CO)CC2CCC1CC2. The van der Waals surface area contributed by atoms with Crippen molar-refractivity contribution in [2.24, 2.45) is 11.8 Å². The van der Waals surface area contributed by atoms with Crippen LogP contribution in [0, 0.1) is 11.8 Å². The summed E-state index contributed by atoms with van der Waals surface area (Å²) in [5.74, 6) is 0.512. The first-order valence-corrected chi connectivity index (χ1v) is 8.06. The van der Waals surface area contributed by atoms with Crippen molar-refractivity contribution in [3.05, 3.63) is 23.9 Å². The van der Waals surface area contributed by atoms with E-state index < -0.39 is 23.3 Å². The van der Waals surface area contributed by atoms with Gasteiger partial charge in [0.25, 0.3) is 0 Å². The Balaban J connectivity index is 1.69. The number of pyridine rings is 1. The van der Waals surface area contributed by atoms with E-state index in [1.807, 2.05) is 0 Å². The van der Waals surface area contributed by atoms with Gasteiger partial charge in [-0.15, -0.1) is 0 Å². The van der Waals surface area contributed by atoms with Gasteiger partial charge in [-0.2, -0.15) is 13.2 Å². The monoisotopic (exact) mass is 343 g/mol. The highest BCUT2D eigenvalue weighted by molar-refractivity contribution is 5.88. The summed E-state index contributed by atoms with van der Waals surface area (Å²) in [5.41, 5.74) is -1.56. The summed E-state index contributed by atoms with van der Waals surface area (Å²) in [7, 11) is 0. The van der Waals surface area contributed by atoms with Crippen LogP contribution in [-0.4, -0.2) is 28.3 Å². The molecule has 132 valence electrons. The van der Waals surface area contributed by atoms with Gasteiger partial charge in [-0.1, -0.05) is 12.8 Å². The second kappa shape index (κ2) is 6.23. The number of fused-ring (bicyclic) bond motifs is 3. The van der Waals surface area contributed by atoms with Crippen LogP contribution in [0.25, 0.3) is 0 Å². The summed E-state index contributed by atoms with van der Waals surface area (Å²) in [4.78, 5) is 16.0. The van der Waals surface area contributed by atoms with Gasteiger partial charge in [0.05, 0.1) is 17.7 Å². The maximum Gasteiger partial charge on any atom is 0.416 e. The van der Waals surface area contributed by atoms with Crippen LogP contribution >= 0.6 is 0 Å². The molecule has 1 atom stereocenters. The van der Waals surface area contributed by atoms with Gasteiger partial charge in [-0.05, 0) is 43.2 Å². The Morgan fingerprint density at radius 3 is 2.58 bits per heavy atom. The first-order valence-electron chi connectivity index (χ1n) is 8.06. The molecule has 2 bridgehead atoms. The van der Waals surface area contributed by atoms with Gasteiger partial charge in [0, 0.05) is 6.20 Å². The van der Waals surface area contributed by atoms with Crippen molar-refractivity contribution < 1.29 is 23.1 Å². The number of hydrogen-bond donors (Lipinski definition) is 3. The zero-order valence-corrected chi connectivity index (χ0v) is 13.1. The van der Waals surface area contributed by atoms with E-state index in [1.54, 1.807) is 0 Å². The smallest absolute Gasteiger partial charge is 0.394 e. The fourth-order valence-corrected chi connectivity index (χ4v) is 4.04. The van der Waals surface area contributed by atoms with Crippen LogP contribution in [0.1, 0.15) is 37.7 Å². The molecule has 2 amide bonds. The number of carbonyl (C=O) groups excluding carboxylic acids is 1. The van der Waals surface area contributed by atoms with E-state index >= 15 is 0 Å². The normalized spacial score (nSPS) is 29.3. The average Bonchev–Trinajstić information content (AvgIpc) is 2.55. The number of rotatable bonds is 3. The number of nitrogens with one attached hydrogen (secondary N) is 2. The van der Waals surface area contributed by atoms with E-state index in [0.717, 1.165) is 44.0 Å². The number of aliphatic hydroxyl groups is 1. The first-order chi connectivity index (χ1) is 11.3. The number of alkyl halides is 3. The van der Waals surface area contributed by atoms with Crippen LogP contribution in [0.3, 0.4) is 0 Å². The van der Waals surface area contributed by atoms with Crippen LogP contribution in [0.4, 0.5) is 23.8 Å². The number of aliphatic hydroxyl groups excluding tert-OH is 1. The predicted octanol–water partition coefficient (Wildman–Crippen LogP) is 3.16. The lowest BCUT2D eigenvalue weighted by Crippen LogP contribution is -2.62. The highest BCUT2D eigenvalue weighted by Gasteiger charge is 2.48. The number of halogens is 3. The van der Waals surface area contributed by atoms with Crippen molar-refractivity contribution in [1.29, 1.82) is 0 Å². The number of amides is 2. The van der Waals surface area contributed by atoms with Crippen LogP contribution in [0.2, 0.25) is 0 Å². The molecule has 4 rings (SSSR count). The first kappa shape index (κ1) is 17.0. The molecule has 0 aromatic carbocycles. The zero-order valence-electron chi connectivity index (χ0n) is 13.1. The molecular formula is C16H20F3N3O2. The Hall–Kier alpha value is -1.83. The molecule has 3 fully saturated rings. The Bertz CT molecular complexity index is 615. The topological polar surface area (TPSA) is 74.2 Å². The van der Waals surface area contributed by atoms with Crippen molar-refractivity contribution in [2.75, 3.05) is 11.9 Å². The molecule has 5 nitrogen and oxygen atoms in total.